The Morgan fingerprint density at radius 1 is 1.10 bits per heavy atom. The third kappa shape index (κ3) is 5.79. The van der Waals surface area contributed by atoms with Crippen molar-refractivity contribution in [1.29, 1.82) is 0 Å². The Kier molecular flexibility index (Phi) is 6.55. The SMILES string of the molecule is Cc1cc(Cl)ccc1OCC(=O)Nc1ccc(NC(=O)c2ccoc2)cc1C(F)(F)F. The van der Waals surface area contributed by atoms with Crippen LogP contribution in [0.15, 0.2) is 59.4 Å². The fourth-order valence-corrected chi connectivity index (χ4v) is 2.89. The molecule has 0 spiro atoms. The van der Waals surface area contributed by atoms with Gasteiger partial charge in [0.05, 0.1) is 23.1 Å². The molecule has 1 aromatic heterocycles. The second kappa shape index (κ2) is 9.13. The first-order valence-corrected chi connectivity index (χ1v) is 9.25. The second-order valence-electron chi connectivity index (χ2n) is 6.47. The first kappa shape index (κ1) is 22.2. The van der Waals surface area contributed by atoms with Crippen LogP contribution in [-0.2, 0) is 11.0 Å². The highest BCUT2D eigenvalue weighted by Gasteiger charge is 2.34. The number of carbonyl (C=O) groups excluding carboxylic acids is 2. The maximum absolute atomic E-state index is 13.5. The second-order valence-corrected chi connectivity index (χ2v) is 6.91. The molecule has 1 heterocycles. The van der Waals surface area contributed by atoms with E-state index in [-0.39, 0.29) is 11.3 Å². The van der Waals surface area contributed by atoms with Gasteiger partial charge < -0.3 is 19.8 Å². The molecular weight excluding hydrogens is 437 g/mol. The number of benzene rings is 2. The summed E-state index contributed by atoms with van der Waals surface area (Å²) in [4.78, 5) is 24.2. The molecule has 0 aliphatic carbocycles. The number of ether oxygens (including phenoxy) is 1. The highest BCUT2D eigenvalue weighted by molar-refractivity contribution is 6.30. The van der Waals surface area contributed by atoms with Gasteiger partial charge in [0.15, 0.2) is 6.61 Å². The summed E-state index contributed by atoms with van der Waals surface area (Å²) in [5, 5.41) is 5.03. The van der Waals surface area contributed by atoms with E-state index in [4.69, 9.17) is 20.8 Å². The third-order valence-electron chi connectivity index (χ3n) is 4.14. The van der Waals surface area contributed by atoms with Crippen molar-refractivity contribution in [3.05, 3.63) is 76.7 Å². The average Bonchev–Trinajstić information content (AvgIpc) is 3.22. The summed E-state index contributed by atoms with van der Waals surface area (Å²) in [7, 11) is 0. The van der Waals surface area contributed by atoms with Crippen LogP contribution < -0.4 is 15.4 Å². The van der Waals surface area contributed by atoms with Crippen LogP contribution in [0.5, 0.6) is 5.75 Å². The summed E-state index contributed by atoms with van der Waals surface area (Å²) in [5.41, 5.74) is -0.845. The summed E-state index contributed by atoms with van der Waals surface area (Å²) in [6, 6.07) is 9.16. The zero-order valence-corrected chi connectivity index (χ0v) is 16.8. The van der Waals surface area contributed by atoms with Crippen LogP contribution >= 0.6 is 11.6 Å². The molecule has 2 N–H and O–H groups in total. The number of furan rings is 1. The van der Waals surface area contributed by atoms with Crippen LogP contribution in [0.25, 0.3) is 0 Å². The predicted octanol–water partition coefficient (Wildman–Crippen LogP) is 5.53. The predicted molar refractivity (Wildman–Crippen MR) is 108 cm³/mol. The lowest BCUT2D eigenvalue weighted by Crippen LogP contribution is -2.23. The number of amides is 2. The lowest BCUT2D eigenvalue weighted by Gasteiger charge is -2.16. The van der Waals surface area contributed by atoms with Crippen molar-refractivity contribution in [2.24, 2.45) is 0 Å². The number of hydrogen-bond donors (Lipinski definition) is 2. The zero-order valence-electron chi connectivity index (χ0n) is 16.0. The van der Waals surface area contributed by atoms with E-state index in [1.165, 1.54) is 18.4 Å². The molecule has 0 unspecified atom stereocenters. The standard InChI is InChI=1S/C21H16ClF3N2O4/c1-12-8-14(22)2-5-18(12)31-11-19(28)27-17-4-3-15(9-16(17)21(23,24)25)26-20(29)13-6-7-30-10-13/h2-10H,11H2,1H3,(H,26,29)(H,27,28). The van der Waals surface area contributed by atoms with Gasteiger partial charge in [-0.05, 0) is 55.0 Å². The van der Waals surface area contributed by atoms with E-state index in [2.05, 4.69) is 10.6 Å². The van der Waals surface area contributed by atoms with Gasteiger partial charge in [-0.3, -0.25) is 9.59 Å². The molecule has 0 fully saturated rings. The molecule has 0 aliphatic heterocycles. The van der Waals surface area contributed by atoms with Gasteiger partial charge in [0.2, 0.25) is 0 Å². The maximum Gasteiger partial charge on any atom is 0.418 e. The van der Waals surface area contributed by atoms with Crippen molar-refractivity contribution in [1.82, 2.24) is 0 Å². The van der Waals surface area contributed by atoms with E-state index in [0.29, 0.717) is 16.3 Å². The largest absolute Gasteiger partial charge is 0.483 e. The van der Waals surface area contributed by atoms with Crippen LogP contribution in [0.4, 0.5) is 24.5 Å². The summed E-state index contributed by atoms with van der Waals surface area (Å²) in [5.74, 6) is -1.03. The fraction of sp³-hybridized carbons (Fsp3) is 0.143. The average molecular weight is 453 g/mol. The Labute approximate surface area is 180 Å². The monoisotopic (exact) mass is 452 g/mol. The number of carbonyl (C=O) groups is 2. The van der Waals surface area contributed by atoms with Crippen molar-refractivity contribution in [3.63, 3.8) is 0 Å². The number of halogens is 4. The fourth-order valence-electron chi connectivity index (χ4n) is 2.67. The summed E-state index contributed by atoms with van der Waals surface area (Å²) < 4.78 is 50.7. The van der Waals surface area contributed by atoms with Crippen LogP contribution in [0.3, 0.4) is 0 Å². The van der Waals surface area contributed by atoms with Crippen LogP contribution in [0.1, 0.15) is 21.5 Å². The van der Waals surface area contributed by atoms with Gasteiger partial charge in [-0.25, -0.2) is 0 Å². The van der Waals surface area contributed by atoms with Crippen LogP contribution in [0, 0.1) is 6.92 Å². The maximum atomic E-state index is 13.5. The highest BCUT2D eigenvalue weighted by Crippen LogP contribution is 2.36. The van der Waals surface area contributed by atoms with Gasteiger partial charge >= 0.3 is 6.18 Å². The Balaban J connectivity index is 1.72. The Hall–Kier alpha value is -3.46. The van der Waals surface area contributed by atoms with E-state index in [1.54, 1.807) is 25.1 Å². The van der Waals surface area contributed by atoms with E-state index >= 15 is 0 Å². The zero-order chi connectivity index (χ0) is 22.6. The van der Waals surface area contributed by atoms with E-state index < -0.39 is 35.8 Å². The minimum atomic E-state index is -4.77. The quantitative estimate of drug-likeness (QED) is 0.515. The van der Waals surface area contributed by atoms with Crippen LogP contribution in [0.2, 0.25) is 5.02 Å². The van der Waals surface area contributed by atoms with Crippen molar-refractivity contribution in [2.45, 2.75) is 13.1 Å². The molecule has 0 bridgehead atoms. The number of anilines is 2. The minimum Gasteiger partial charge on any atom is -0.483 e. The molecule has 0 saturated heterocycles. The molecule has 3 aromatic rings. The molecule has 162 valence electrons. The molecule has 0 atom stereocenters. The third-order valence-corrected chi connectivity index (χ3v) is 4.37. The van der Waals surface area contributed by atoms with Crippen LogP contribution in [-0.4, -0.2) is 18.4 Å². The van der Waals surface area contributed by atoms with E-state index in [1.807, 2.05) is 0 Å². The van der Waals surface area contributed by atoms with Crippen molar-refractivity contribution in [3.8, 4) is 5.75 Å². The van der Waals surface area contributed by atoms with Crippen molar-refractivity contribution in [2.75, 3.05) is 17.2 Å². The first-order chi connectivity index (χ1) is 14.6. The van der Waals surface area contributed by atoms with Gasteiger partial charge in [0.1, 0.15) is 12.0 Å². The molecule has 10 heteroatoms. The van der Waals surface area contributed by atoms with Gasteiger partial charge in [-0.2, -0.15) is 13.2 Å². The van der Waals surface area contributed by atoms with Gasteiger partial charge in [0, 0.05) is 10.7 Å². The molecule has 0 aliphatic rings. The molecular formula is C21H16ClF3N2O4. The Morgan fingerprint density at radius 3 is 2.52 bits per heavy atom. The normalized spacial score (nSPS) is 11.1. The van der Waals surface area contributed by atoms with Crippen molar-refractivity contribution >= 4 is 34.8 Å². The molecule has 0 saturated carbocycles. The summed E-state index contributed by atoms with van der Waals surface area (Å²) >= 11 is 5.85. The lowest BCUT2D eigenvalue weighted by molar-refractivity contribution is -0.137. The highest BCUT2D eigenvalue weighted by atomic mass is 35.5. The molecule has 0 radical (unpaired) electrons. The number of aryl methyl sites for hydroxylation is 1. The smallest absolute Gasteiger partial charge is 0.418 e. The lowest BCUT2D eigenvalue weighted by atomic mass is 10.1. The summed E-state index contributed by atoms with van der Waals surface area (Å²) in [6.07, 6.45) is -2.34. The molecule has 2 amide bonds. The topological polar surface area (TPSA) is 80.6 Å². The Bertz CT molecular complexity index is 1100. The molecule has 2 aromatic carbocycles. The number of hydrogen-bond acceptors (Lipinski definition) is 4. The minimum absolute atomic E-state index is 0.0930. The molecule has 31 heavy (non-hydrogen) atoms. The first-order valence-electron chi connectivity index (χ1n) is 8.87. The Morgan fingerprint density at radius 2 is 1.87 bits per heavy atom. The van der Waals surface area contributed by atoms with Gasteiger partial charge in [-0.1, -0.05) is 11.6 Å². The van der Waals surface area contributed by atoms with E-state index in [0.717, 1.165) is 18.4 Å². The van der Waals surface area contributed by atoms with E-state index in [9.17, 15) is 22.8 Å². The number of alkyl halides is 3. The molecule has 6 nitrogen and oxygen atoms in total. The number of rotatable bonds is 6. The van der Waals surface area contributed by atoms with Crippen molar-refractivity contribution < 1.29 is 31.9 Å². The molecule has 3 rings (SSSR count). The van der Waals surface area contributed by atoms with Gasteiger partial charge in [0.25, 0.3) is 11.8 Å². The number of nitrogens with one attached hydrogen (secondary N) is 2. The van der Waals surface area contributed by atoms with Gasteiger partial charge in [-0.15, -0.1) is 0 Å². The summed E-state index contributed by atoms with van der Waals surface area (Å²) in [6.45, 7) is 1.22.